The first-order valence-electron chi connectivity index (χ1n) is 7.51. The minimum atomic E-state index is -3.38. The van der Waals surface area contributed by atoms with E-state index in [9.17, 15) is 8.42 Å². The normalized spacial score (nSPS) is 20.1. The van der Waals surface area contributed by atoms with Crippen LogP contribution in [0.3, 0.4) is 0 Å². The first kappa shape index (κ1) is 15.5. The number of nitrogens with one attached hydrogen (secondary N) is 1. The van der Waals surface area contributed by atoms with Crippen LogP contribution >= 0.6 is 15.9 Å². The standard InChI is InChI=1S/C15H21BrN2O2S/c1-11-8-12(10-17-13-4-5-13)9-14(15(11)16)21(19,20)18-6-2-3-7-18/h8-9,13,17H,2-7,10H2,1H3. The van der Waals surface area contributed by atoms with Crippen molar-refractivity contribution < 1.29 is 8.42 Å². The fraction of sp³-hybridized carbons (Fsp3) is 0.600. The predicted molar refractivity (Wildman–Crippen MR) is 86.7 cm³/mol. The summed E-state index contributed by atoms with van der Waals surface area (Å²) in [5, 5.41) is 3.44. The highest BCUT2D eigenvalue weighted by Gasteiger charge is 2.30. The third-order valence-electron chi connectivity index (χ3n) is 4.14. The van der Waals surface area contributed by atoms with Crippen molar-refractivity contribution in [3.63, 3.8) is 0 Å². The Kier molecular flexibility index (Phi) is 4.41. The topological polar surface area (TPSA) is 49.4 Å². The smallest absolute Gasteiger partial charge is 0.244 e. The molecule has 3 rings (SSSR count). The quantitative estimate of drug-likeness (QED) is 0.864. The van der Waals surface area contributed by atoms with Crippen LogP contribution in [0.2, 0.25) is 0 Å². The van der Waals surface area contributed by atoms with Crippen LogP contribution in [0.15, 0.2) is 21.5 Å². The second-order valence-electron chi connectivity index (χ2n) is 5.99. The van der Waals surface area contributed by atoms with E-state index in [2.05, 4.69) is 27.3 Å². The average molecular weight is 373 g/mol. The van der Waals surface area contributed by atoms with E-state index in [0.717, 1.165) is 30.5 Å². The van der Waals surface area contributed by atoms with Crippen molar-refractivity contribution in [2.24, 2.45) is 0 Å². The molecule has 0 spiro atoms. The molecule has 6 heteroatoms. The Bertz CT molecular complexity index is 635. The molecule has 0 atom stereocenters. The van der Waals surface area contributed by atoms with Crippen LogP contribution in [-0.2, 0) is 16.6 Å². The fourth-order valence-corrected chi connectivity index (χ4v) is 5.26. The molecule has 0 unspecified atom stereocenters. The van der Waals surface area contributed by atoms with Gasteiger partial charge in [-0.05, 0) is 65.7 Å². The molecule has 1 aliphatic carbocycles. The third kappa shape index (κ3) is 3.33. The van der Waals surface area contributed by atoms with Crippen LogP contribution in [0.1, 0.15) is 36.8 Å². The van der Waals surface area contributed by atoms with E-state index >= 15 is 0 Å². The van der Waals surface area contributed by atoms with Crippen molar-refractivity contribution >= 4 is 26.0 Å². The van der Waals surface area contributed by atoms with Gasteiger partial charge in [0.05, 0.1) is 4.90 Å². The summed E-state index contributed by atoms with van der Waals surface area (Å²) in [5.41, 5.74) is 2.02. The Morgan fingerprint density at radius 2 is 1.95 bits per heavy atom. The lowest BCUT2D eigenvalue weighted by Gasteiger charge is -2.18. The van der Waals surface area contributed by atoms with Crippen LogP contribution in [0.4, 0.5) is 0 Å². The minimum Gasteiger partial charge on any atom is -0.310 e. The van der Waals surface area contributed by atoms with Gasteiger partial charge in [-0.15, -0.1) is 0 Å². The molecule has 1 saturated heterocycles. The summed E-state index contributed by atoms with van der Waals surface area (Å²) in [6, 6.07) is 4.50. The summed E-state index contributed by atoms with van der Waals surface area (Å²) < 4.78 is 27.9. The minimum absolute atomic E-state index is 0.414. The summed E-state index contributed by atoms with van der Waals surface area (Å²) in [4.78, 5) is 0.414. The first-order valence-corrected chi connectivity index (χ1v) is 9.74. The van der Waals surface area contributed by atoms with E-state index in [0.29, 0.717) is 28.5 Å². The van der Waals surface area contributed by atoms with Crippen LogP contribution in [-0.4, -0.2) is 31.9 Å². The Labute approximate surface area is 135 Å². The van der Waals surface area contributed by atoms with Gasteiger partial charge in [-0.1, -0.05) is 6.07 Å². The molecule has 4 nitrogen and oxygen atoms in total. The van der Waals surface area contributed by atoms with Crippen molar-refractivity contribution in [1.82, 2.24) is 9.62 Å². The van der Waals surface area contributed by atoms with Crippen LogP contribution in [0, 0.1) is 6.92 Å². The predicted octanol–water partition coefficient (Wildman–Crippen LogP) is 2.79. The lowest BCUT2D eigenvalue weighted by molar-refractivity contribution is 0.477. The summed E-state index contributed by atoms with van der Waals surface area (Å²) in [6.45, 7) is 3.96. The summed E-state index contributed by atoms with van der Waals surface area (Å²) in [7, 11) is -3.38. The first-order chi connectivity index (χ1) is 9.98. The van der Waals surface area contributed by atoms with E-state index in [1.807, 2.05) is 13.0 Å². The number of nitrogens with zero attached hydrogens (tertiary/aromatic N) is 1. The summed E-state index contributed by atoms with van der Waals surface area (Å²) >= 11 is 3.46. The van der Waals surface area contributed by atoms with E-state index < -0.39 is 10.0 Å². The Morgan fingerprint density at radius 3 is 2.57 bits per heavy atom. The maximum atomic E-state index is 12.8. The number of benzene rings is 1. The monoisotopic (exact) mass is 372 g/mol. The second-order valence-corrected chi connectivity index (χ2v) is 8.69. The maximum absolute atomic E-state index is 12.8. The Balaban J connectivity index is 1.91. The zero-order valence-corrected chi connectivity index (χ0v) is 14.6. The van der Waals surface area contributed by atoms with Crippen molar-refractivity contribution in [3.05, 3.63) is 27.7 Å². The lowest BCUT2D eigenvalue weighted by atomic mass is 10.1. The number of rotatable bonds is 5. The number of aryl methyl sites for hydroxylation is 1. The highest BCUT2D eigenvalue weighted by atomic mass is 79.9. The van der Waals surface area contributed by atoms with Gasteiger partial charge in [0.1, 0.15) is 0 Å². The van der Waals surface area contributed by atoms with Gasteiger partial charge in [0.2, 0.25) is 10.0 Å². The van der Waals surface area contributed by atoms with Crippen molar-refractivity contribution in [1.29, 1.82) is 0 Å². The van der Waals surface area contributed by atoms with Gasteiger partial charge >= 0.3 is 0 Å². The molecule has 1 aromatic rings. The van der Waals surface area contributed by atoms with E-state index in [1.54, 1.807) is 4.31 Å². The van der Waals surface area contributed by atoms with Crippen LogP contribution < -0.4 is 5.32 Å². The molecule has 1 aliphatic heterocycles. The highest BCUT2D eigenvalue weighted by Crippen LogP contribution is 2.31. The molecule has 1 heterocycles. The fourth-order valence-electron chi connectivity index (χ4n) is 2.72. The summed E-state index contributed by atoms with van der Waals surface area (Å²) in [6.07, 6.45) is 4.38. The molecule has 0 radical (unpaired) electrons. The molecule has 116 valence electrons. The third-order valence-corrected chi connectivity index (χ3v) is 7.37. The second kappa shape index (κ2) is 5.99. The van der Waals surface area contributed by atoms with E-state index in [1.165, 1.54) is 12.8 Å². The number of hydrogen-bond acceptors (Lipinski definition) is 3. The molecule has 0 bridgehead atoms. The molecule has 2 aliphatic rings. The molecule has 1 aromatic carbocycles. The molecular formula is C15H21BrN2O2S. The summed E-state index contributed by atoms with van der Waals surface area (Å²) in [5.74, 6) is 0. The molecule has 1 N–H and O–H groups in total. The highest BCUT2D eigenvalue weighted by molar-refractivity contribution is 9.10. The molecule has 21 heavy (non-hydrogen) atoms. The number of halogens is 1. The van der Waals surface area contributed by atoms with E-state index in [4.69, 9.17) is 0 Å². The van der Waals surface area contributed by atoms with Gasteiger partial charge in [-0.3, -0.25) is 0 Å². The molecular weight excluding hydrogens is 352 g/mol. The molecule has 0 aromatic heterocycles. The van der Waals surface area contributed by atoms with Crippen LogP contribution in [0.5, 0.6) is 0 Å². The van der Waals surface area contributed by atoms with Gasteiger partial charge in [0.15, 0.2) is 0 Å². The lowest BCUT2D eigenvalue weighted by Crippen LogP contribution is -2.28. The van der Waals surface area contributed by atoms with Gasteiger partial charge in [-0.2, -0.15) is 4.31 Å². The zero-order valence-electron chi connectivity index (χ0n) is 12.2. The molecule has 0 amide bonds. The Hall–Kier alpha value is -0.430. The van der Waals surface area contributed by atoms with Crippen molar-refractivity contribution in [3.8, 4) is 0 Å². The largest absolute Gasteiger partial charge is 0.310 e. The average Bonchev–Trinajstić information content (AvgIpc) is 3.10. The SMILES string of the molecule is Cc1cc(CNC2CC2)cc(S(=O)(=O)N2CCCC2)c1Br. The molecule has 1 saturated carbocycles. The van der Waals surface area contributed by atoms with Gasteiger partial charge in [0.25, 0.3) is 0 Å². The van der Waals surface area contributed by atoms with Crippen molar-refractivity contribution in [2.45, 2.75) is 50.1 Å². The molecule has 2 fully saturated rings. The zero-order chi connectivity index (χ0) is 15.0. The van der Waals surface area contributed by atoms with E-state index in [-0.39, 0.29) is 0 Å². The number of hydrogen-bond donors (Lipinski definition) is 1. The van der Waals surface area contributed by atoms with Gasteiger partial charge in [-0.25, -0.2) is 8.42 Å². The Morgan fingerprint density at radius 1 is 1.29 bits per heavy atom. The van der Waals surface area contributed by atoms with Crippen molar-refractivity contribution in [2.75, 3.05) is 13.1 Å². The van der Waals surface area contributed by atoms with Crippen LogP contribution in [0.25, 0.3) is 0 Å². The van der Waals surface area contributed by atoms with Gasteiger partial charge < -0.3 is 5.32 Å². The number of sulfonamides is 1. The van der Waals surface area contributed by atoms with Gasteiger partial charge in [0, 0.05) is 30.1 Å². The maximum Gasteiger partial charge on any atom is 0.244 e.